The molecule has 0 fully saturated rings. The Labute approximate surface area is 102 Å². The van der Waals surface area contributed by atoms with Crippen molar-refractivity contribution < 1.29 is 27.5 Å². The van der Waals surface area contributed by atoms with Gasteiger partial charge in [-0.15, -0.1) is 0 Å². The highest BCUT2D eigenvalue weighted by molar-refractivity contribution is 9.10. The summed E-state index contributed by atoms with van der Waals surface area (Å²) in [5.74, 6) is -2.54. The van der Waals surface area contributed by atoms with E-state index in [1.165, 1.54) is 24.3 Å². The van der Waals surface area contributed by atoms with Crippen LogP contribution in [0.25, 0.3) is 0 Å². The minimum absolute atomic E-state index is 0.0604. The van der Waals surface area contributed by atoms with Gasteiger partial charge in [-0.1, -0.05) is 34.1 Å². The maximum atomic E-state index is 13.5. The Morgan fingerprint density at radius 2 is 1.76 bits per heavy atom. The van der Waals surface area contributed by atoms with Crippen LogP contribution in [0, 0.1) is 0 Å². The van der Waals surface area contributed by atoms with Gasteiger partial charge in [-0.25, -0.2) is 9.18 Å². The highest BCUT2D eigenvalue weighted by atomic mass is 79.9. The summed E-state index contributed by atoms with van der Waals surface area (Å²) in [7, 11) is 0. The van der Waals surface area contributed by atoms with Crippen molar-refractivity contribution in [1.29, 1.82) is 0 Å². The quantitative estimate of drug-likeness (QED) is 0.869. The Morgan fingerprint density at radius 1 is 1.24 bits per heavy atom. The summed E-state index contributed by atoms with van der Waals surface area (Å²) in [6.07, 6.45) is -6.73. The first-order valence-electron chi connectivity index (χ1n) is 4.41. The van der Waals surface area contributed by atoms with E-state index < -0.39 is 24.2 Å². The molecule has 1 aromatic carbocycles. The van der Waals surface area contributed by atoms with Crippen LogP contribution < -0.4 is 0 Å². The van der Waals surface area contributed by atoms with Gasteiger partial charge in [0.25, 0.3) is 0 Å². The lowest BCUT2D eigenvalue weighted by Gasteiger charge is -2.23. The summed E-state index contributed by atoms with van der Waals surface area (Å²) in [5, 5.41) is 8.41. The second-order valence-electron chi connectivity index (χ2n) is 3.37. The van der Waals surface area contributed by atoms with Gasteiger partial charge in [-0.2, -0.15) is 13.2 Å². The average molecular weight is 315 g/mol. The molecule has 2 nitrogen and oxygen atoms in total. The third-order valence-electron chi connectivity index (χ3n) is 2.18. The fourth-order valence-corrected chi connectivity index (χ4v) is 1.63. The summed E-state index contributed by atoms with van der Waals surface area (Å²) < 4.78 is 51.0. The Balaban J connectivity index is 3.13. The largest absolute Gasteiger partial charge is 0.479 e. The number of carboxylic acid groups (broad SMARTS) is 1. The van der Waals surface area contributed by atoms with Crippen LogP contribution in [0.2, 0.25) is 0 Å². The van der Waals surface area contributed by atoms with Gasteiger partial charge in [-0.05, 0) is 11.6 Å². The number of alkyl halides is 4. The molecule has 0 saturated carbocycles. The second kappa shape index (κ2) is 4.64. The molecule has 1 N–H and O–H groups in total. The Hall–Kier alpha value is -1.11. The van der Waals surface area contributed by atoms with Crippen molar-refractivity contribution in [3.8, 4) is 0 Å². The van der Waals surface area contributed by atoms with Crippen LogP contribution in [0.1, 0.15) is 5.56 Å². The van der Waals surface area contributed by atoms with Crippen LogP contribution in [0.5, 0.6) is 0 Å². The highest BCUT2D eigenvalue weighted by Crippen LogP contribution is 2.38. The number of carbonyl (C=O) groups is 1. The standard InChI is InChI=1S/C10H7BrF4O2/c11-7-4-2-1-3-6(7)5-9(12,8(16)17)10(13,14)15/h1-4H,5H2,(H,16,17). The van der Waals surface area contributed by atoms with Gasteiger partial charge < -0.3 is 5.11 Å². The lowest BCUT2D eigenvalue weighted by molar-refractivity contribution is -0.235. The number of halogens is 5. The predicted molar refractivity (Wildman–Crippen MR) is 55.4 cm³/mol. The summed E-state index contributed by atoms with van der Waals surface area (Å²) in [5.41, 5.74) is -4.34. The molecule has 1 rings (SSSR count). The first-order chi connectivity index (χ1) is 7.68. The van der Waals surface area contributed by atoms with Crippen molar-refractivity contribution >= 4 is 21.9 Å². The number of hydrogen-bond donors (Lipinski definition) is 1. The molecule has 0 radical (unpaired) electrons. The van der Waals surface area contributed by atoms with E-state index in [4.69, 9.17) is 5.11 Å². The van der Waals surface area contributed by atoms with Crippen molar-refractivity contribution in [3.05, 3.63) is 34.3 Å². The Bertz CT molecular complexity index is 433. The summed E-state index contributed by atoms with van der Waals surface area (Å²) in [6.45, 7) is 0. The zero-order valence-corrected chi connectivity index (χ0v) is 9.85. The van der Waals surface area contributed by atoms with Crippen LogP contribution in [-0.2, 0) is 11.2 Å². The Morgan fingerprint density at radius 3 is 2.18 bits per heavy atom. The van der Waals surface area contributed by atoms with E-state index in [0.717, 1.165) is 0 Å². The highest BCUT2D eigenvalue weighted by Gasteiger charge is 2.62. The SMILES string of the molecule is O=C(O)C(F)(Cc1ccccc1Br)C(F)(F)F. The molecule has 0 amide bonds. The van der Waals surface area contributed by atoms with E-state index >= 15 is 0 Å². The Kier molecular flexibility index (Phi) is 3.81. The third-order valence-corrected chi connectivity index (χ3v) is 2.95. The average Bonchev–Trinajstić information content (AvgIpc) is 2.19. The summed E-state index contributed by atoms with van der Waals surface area (Å²) in [6, 6.07) is 5.57. The molecule has 0 aliphatic heterocycles. The number of aliphatic carboxylic acids is 1. The fourth-order valence-electron chi connectivity index (χ4n) is 1.20. The van der Waals surface area contributed by atoms with Crippen LogP contribution in [0.4, 0.5) is 17.6 Å². The minimum Gasteiger partial charge on any atom is -0.479 e. The first kappa shape index (κ1) is 14.0. The van der Waals surface area contributed by atoms with Gasteiger partial charge in [0, 0.05) is 10.9 Å². The second-order valence-corrected chi connectivity index (χ2v) is 4.23. The molecule has 0 aliphatic carbocycles. The van der Waals surface area contributed by atoms with Gasteiger partial charge in [0.05, 0.1) is 0 Å². The molecule has 0 aromatic heterocycles. The van der Waals surface area contributed by atoms with Gasteiger partial charge in [0.2, 0.25) is 0 Å². The van der Waals surface area contributed by atoms with Gasteiger partial charge in [0.1, 0.15) is 0 Å². The maximum Gasteiger partial charge on any atom is 0.433 e. The summed E-state index contributed by atoms with van der Waals surface area (Å²) >= 11 is 2.94. The smallest absolute Gasteiger partial charge is 0.433 e. The minimum atomic E-state index is -5.46. The van der Waals surface area contributed by atoms with Crippen molar-refractivity contribution in [2.24, 2.45) is 0 Å². The topological polar surface area (TPSA) is 37.3 Å². The van der Waals surface area contributed by atoms with Crippen LogP contribution in [0.3, 0.4) is 0 Å². The van der Waals surface area contributed by atoms with E-state index in [1.54, 1.807) is 0 Å². The van der Waals surface area contributed by atoms with Gasteiger partial charge in [-0.3, -0.25) is 0 Å². The molecule has 0 aliphatic rings. The van der Waals surface area contributed by atoms with Crippen molar-refractivity contribution in [1.82, 2.24) is 0 Å². The molecule has 0 heterocycles. The van der Waals surface area contributed by atoms with Crippen LogP contribution in [0.15, 0.2) is 28.7 Å². The van der Waals surface area contributed by atoms with Crippen molar-refractivity contribution in [2.45, 2.75) is 18.3 Å². The molecule has 0 saturated heterocycles. The van der Waals surface area contributed by atoms with E-state index in [1.807, 2.05) is 0 Å². The zero-order chi connectivity index (χ0) is 13.3. The van der Waals surface area contributed by atoms with E-state index in [-0.39, 0.29) is 10.0 Å². The van der Waals surface area contributed by atoms with Crippen LogP contribution in [-0.4, -0.2) is 22.9 Å². The lowest BCUT2D eigenvalue weighted by atomic mass is 9.96. The van der Waals surface area contributed by atoms with Gasteiger partial charge >= 0.3 is 17.8 Å². The zero-order valence-electron chi connectivity index (χ0n) is 8.26. The lowest BCUT2D eigenvalue weighted by Crippen LogP contribution is -2.50. The fraction of sp³-hybridized carbons (Fsp3) is 0.300. The normalized spacial score (nSPS) is 15.4. The predicted octanol–water partition coefficient (Wildman–Crippen LogP) is 3.35. The molecule has 7 heteroatoms. The number of carboxylic acids is 1. The van der Waals surface area contributed by atoms with Crippen molar-refractivity contribution in [2.75, 3.05) is 0 Å². The molecule has 0 spiro atoms. The van der Waals surface area contributed by atoms with Crippen molar-refractivity contribution in [3.63, 3.8) is 0 Å². The van der Waals surface area contributed by atoms with E-state index in [9.17, 15) is 22.4 Å². The summed E-state index contributed by atoms with van der Waals surface area (Å²) in [4.78, 5) is 10.5. The molecular weight excluding hydrogens is 308 g/mol. The molecular formula is C10H7BrF4O2. The first-order valence-corrected chi connectivity index (χ1v) is 5.20. The number of hydrogen-bond acceptors (Lipinski definition) is 1. The molecule has 94 valence electrons. The molecule has 17 heavy (non-hydrogen) atoms. The number of benzene rings is 1. The maximum absolute atomic E-state index is 13.5. The molecule has 1 atom stereocenters. The molecule has 0 bridgehead atoms. The number of rotatable bonds is 3. The molecule has 1 aromatic rings. The van der Waals surface area contributed by atoms with E-state index in [2.05, 4.69) is 15.9 Å². The van der Waals surface area contributed by atoms with Gasteiger partial charge in [0.15, 0.2) is 0 Å². The van der Waals surface area contributed by atoms with Crippen LogP contribution >= 0.6 is 15.9 Å². The van der Waals surface area contributed by atoms with E-state index in [0.29, 0.717) is 0 Å². The monoisotopic (exact) mass is 314 g/mol. The molecule has 1 unspecified atom stereocenters. The third kappa shape index (κ3) is 2.77.